The van der Waals surface area contributed by atoms with E-state index in [1.165, 1.54) is 5.56 Å². The van der Waals surface area contributed by atoms with E-state index < -0.39 is 0 Å². The molecule has 0 heterocycles. The molecule has 3 nitrogen and oxygen atoms in total. The van der Waals surface area contributed by atoms with Crippen LogP contribution in [0.15, 0.2) is 24.3 Å². The third-order valence-corrected chi connectivity index (χ3v) is 4.59. The van der Waals surface area contributed by atoms with Crippen LogP contribution in [0.5, 0.6) is 5.75 Å². The van der Waals surface area contributed by atoms with Crippen molar-refractivity contribution in [2.24, 2.45) is 5.73 Å². The summed E-state index contributed by atoms with van der Waals surface area (Å²) < 4.78 is 5.42. The lowest BCUT2D eigenvalue weighted by molar-refractivity contribution is 0.323. The lowest BCUT2D eigenvalue weighted by Gasteiger charge is -2.21. The van der Waals surface area contributed by atoms with E-state index in [9.17, 15) is 0 Å². The summed E-state index contributed by atoms with van der Waals surface area (Å²) >= 11 is 1.92. The Hall–Kier alpha value is -0.710. The minimum atomic E-state index is 0.312. The molecule has 1 aromatic carbocycles. The Morgan fingerprint density at radius 2 is 1.95 bits per heavy atom. The maximum absolute atomic E-state index is 5.92. The number of para-hydroxylation sites is 1. The van der Waals surface area contributed by atoms with Gasteiger partial charge < -0.3 is 15.4 Å². The molecule has 0 aliphatic rings. The van der Waals surface area contributed by atoms with Gasteiger partial charge in [0, 0.05) is 29.7 Å². The van der Waals surface area contributed by atoms with E-state index in [1.807, 2.05) is 30.0 Å². The predicted octanol–water partition coefficient (Wildman–Crippen LogP) is 2.77. The van der Waals surface area contributed by atoms with Crippen molar-refractivity contribution < 1.29 is 4.74 Å². The highest BCUT2D eigenvalue weighted by atomic mass is 32.2. The lowest BCUT2D eigenvalue weighted by Crippen LogP contribution is -2.26. The van der Waals surface area contributed by atoms with Gasteiger partial charge in [-0.2, -0.15) is 11.8 Å². The Morgan fingerprint density at radius 1 is 1.26 bits per heavy atom. The topological polar surface area (TPSA) is 38.5 Å². The third-order valence-electron chi connectivity index (χ3n) is 3.32. The average Bonchev–Trinajstić information content (AvgIpc) is 2.48. The molecule has 0 aliphatic heterocycles. The van der Waals surface area contributed by atoms with Gasteiger partial charge in [-0.15, -0.1) is 0 Å². The highest BCUT2D eigenvalue weighted by Crippen LogP contribution is 2.33. The van der Waals surface area contributed by atoms with Crippen LogP contribution in [0.25, 0.3) is 0 Å². The summed E-state index contributed by atoms with van der Waals surface area (Å²) in [4.78, 5) is 2.43. The van der Waals surface area contributed by atoms with E-state index in [-0.39, 0.29) is 0 Å². The summed E-state index contributed by atoms with van der Waals surface area (Å²) in [5.41, 5.74) is 7.13. The van der Waals surface area contributed by atoms with Crippen molar-refractivity contribution >= 4 is 11.8 Å². The van der Waals surface area contributed by atoms with Crippen LogP contribution in [0.3, 0.4) is 0 Å². The van der Waals surface area contributed by atoms with Crippen molar-refractivity contribution in [2.45, 2.75) is 19.1 Å². The second-order valence-corrected chi connectivity index (χ2v) is 5.67. The molecule has 0 amide bonds. The van der Waals surface area contributed by atoms with Gasteiger partial charge in [-0.1, -0.05) is 32.0 Å². The van der Waals surface area contributed by atoms with Gasteiger partial charge in [0.25, 0.3) is 0 Å². The molecule has 0 saturated carbocycles. The summed E-state index contributed by atoms with van der Waals surface area (Å²) in [5, 5.41) is 0.312. The van der Waals surface area contributed by atoms with Crippen molar-refractivity contribution in [3.63, 3.8) is 0 Å². The highest BCUT2D eigenvalue weighted by molar-refractivity contribution is 7.99. The van der Waals surface area contributed by atoms with E-state index in [0.717, 1.165) is 31.1 Å². The van der Waals surface area contributed by atoms with Crippen LogP contribution in [-0.4, -0.2) is 43.9 Å². The molecule has 1 atom stereocenters. The number of hydrogen-bond donors (Lipinski definition) is 1. The zero-order valence-corrected chi connectivity index (χ0v) is 13.1. The summed E-state index contributed by atoms with van der Waals surface area (Å²) in [6, 6.07) is 8.16. The first-order chi connectivity index (χ1) is 9.26. The number of nitrogens with two attached hydrogens (primary N) is 1. The molecule has 0 aromatic heterocycles. The fourth-order valence-electron chi connectivity index (χ4n) is 2.08. The predicted molar refractivity (Wildman–Crippen MR) is 85.0 cm³/mol. The molecule has 19 heavy (non-hydrogen) atoms. The van der Waals surface area contributed by atoms with Crippen LogP contribution in [0, 0.1) is 0 Å². The molecule has 1 unspecified atom stereocenters. The fraction of sp³-hybridized carbons (Fsp3) is 0.600. The van der Waals surface area contributed by atoms with Crippen LogP contribution in [-0.2, 0) is 0 Å². The minimum Gasteiger partial charge on any atom is -0.496 e. The Balaban J connectivity index is 2.58. The second kappa shape index (κ2) is 9.23. The molecule has 0 aliphatic carbocycles. The summed E-state index contributed by atoms with van der Waals surface area (Å²) in [5.74, 6) is 2.04. The molecular formula is C15H26N2OS. The number of benzene rings is 1. The first-order valence-electron chi connectivity index (χ1n) is 6.93. The molecule has 0 spiro atoms. The van der Waals surface area contributed by atoms with E-state index in [4.69, 9.17) is 10.5 Å². The summed E-state index contributed by atoms with van der Waals surface area (Å²) in [7, 11) is 1.72. The van der Waals surface area contributed by atoms with Gasteiger partial charge in [-0.05, 0) is 19.2 Å². The first-order valence-corrected chi connectivity index (χ1v) is 7.98. The maximum atomic E-state index is 5.92. The molecule has 4 heteroatoms. The zero-order chi connectivity index (χ0) is 14.1. The summed E-state index contributed by atoms with van der Waals surface area (Å²) in [6.07, 6.45) is 0. The van der Waals surface area contributed by atoms with Gasteiger partial charge in [-0.3, -0.25) is 0 Å². The highest BCUT2D eigenvalue weighted by Gasteiger charge is 2.14. The number of methoxy groups -OCH3 is 1. The standard InChI is InChI=1S/C15H26N2OS/c1-4-17(5-2)10-11-19-15(12-16)13-8-6-7-9-14(13)18-3/h6-9,15H,4-5,10-12,16H2,1-3H3. The van der Waals surface area contributed by atoms with Crippen molar-refractivity contribution in [1.82, 2.24) is 4.90 Å². The fourth-order valence-corrected chi connectivity index (χ4v) is 3.24. The molecule has 2 N–H and O–H groups in total. The number of hydrogen-bond acceptors (Lipinski definition) is 4. The average molecular weight is 282 g/mol. The zero-order valence-electron chi connectivity index (χ0n) is 12.3. The number of thioether (sulfide) groups is 1. The molecule has 1 aromatic rings. The van der Waals surface area contributed by atoms with Crippen LogP contribution < -0.4 is 10.5 Å². The van der Waals surface area contributed by atoms with Crippen LogP contribution in [0.2, 0.25) is 0 Å². The van der Waals surface area contributed by atoms with Crippen molar-refractivity contribution in [3.05, 3.63) is 29.8 Å². The van der Waals surface area contributed by atoms with Crippen molar-refractivity contribution in [1.29, 1.82) is 0 Å². The largest absolute Gasteiger partial charge is 0.496 e. The minimum absolute atomic E-state index is 0.312. The Bertz CT molecular complexity index is 356. The van der Waals surface area contributed by atoms with Crippen LogP contribution in [0.1, 0.15) is 24.7 Å². The first kappa shape index (κ1) is 16.3. The third kappa shape index (κ3) is 5.05. The summed E-state index contributed by atoms with van der Waals surface area (Å²) in [6.45, 7) is 8.38. The van der Waals surface area contributed by atoms with Crippen LogP contribution >= 0.6 is 11.8 Å². The Kier molecular flexibility index (Phi) is 7.94. The molecule has 0 saturated heterocycles. The molecule has 0 fully saturated rings. The number of nitrogens with zero attached hydrogens (tertiary/aromatic N) is 1. The number of rotatable bonds is 9. The van der Waals surface area contributed by atoms with Gasteiger partial charge in [-0.25, -0.2) is 0 Å². The van der Waals surface area contributed by atoms with E-state index >= 15 is 0 Å². The van der Waals surface area contributed by atoms with Gasteiger partial charge >= 0.3 is 0 Å². The van der Waals surface area contributed by atoms with E-state index in [0.29, 0.717) is 11.8 Å². The van der Waals surface area contributed by atoms with Gasteiger partial charge in [0.15, 0.2) is 0 Å². The quantitative estimate of drug-likeness (QED) is 0.756. The lowest BCUT2D eigenvalue weighted by atomic mass is 10.1. The second-order valence-electron chi connectivity index (χ2n) is 4.36. The number of ether oxygens (including phenoxy) is 1. The van der Waals surface area contributed by atoms with Gasteiger partial charge in [0.2, 0.25) is 0 Å². The SMILES string of the molecule is CCN(CC)CCSC(CN)c1ccccc1OC. The van der Waals surface area contributed by atoms with E-state index in [2.05, 4.69) is 24.8 Å². The van der Waals surface area contributed by atoms with Crippen molar-refractivity contribution in [3.8, 4) is 5.75 Å². The van der Waals surface area contributed by atoms with Gasteiger partial charge in [0.1, 0.15) is 5.75 Å². The van der Waals surface area contributed by atoms with Crippen molar-refractivity contribution in [2.75, 3.05) is 39.0 Å². The maximum Gasteiger partial charge on any atom is 0.123 e. The molecule has 108 valence electrons. The molecule has 0 radical (unpaired) electrons. The molecule has 1 rings (SSSR count). The molecule has 0 bridgehead atoms. The molecular weight excluding hydrogens is 256 g/mol. The Morgan fingerprint density at radius 3 is 2.53 bits per heavy atom. The smallest absolute Gasteiger partial charge is 0.123 e. The van der Waals surface area contributed by atoms with Crippen LogP contribution in [0.4, 0.5) is 0 Å². The normalized spacial score (nSPS) is 12.7. The van der Waals surface area contributed by atoms with E-state index in [1.54, 1.807) is 7.11 Å². The van der Waals surface area contributed by atoms with Gasteiger partial charge in [0.05, 0.1) is 7.11 Å². The monoisotopic (exact) mass is 282 g/mol. The Labute approximate surface area is 121 Å².